The Kier molecular flexibility index (Phi) is 5.49. The number of aromatic amines is 1. The summed E-state index contributed by atoms with van der Waals surface area (Å²) in [6.45, 7) is 2.04. The van der Waals surface area contributed by atoms with Crippen LogP contribution in [-0.4, -0.2) is 14.8 Å². The number of phosphoric acid groups is 1. The third-order valence-electron chi connectivity index (χ3n) is 2.90. The molecule has 0 fully saturated rings. The zero-order valence-corrected chi connectivity index (χ0v) is 14.7. The van der Waals surface area contributed by atoms with E-state index in [1.165, 1.54) is 11.8 Å². The van der Waals surface area contributed by atoms with Crippen LogP contribution in [0.25, 0.3) is 10.9 Å². The van der Waals surface area contributed by atoms with E-state index in [0.717, 1.165) is 15.7 Å². The monoisotopic (exact) mass is 398 g/mol. The van der Waals surface area contributed by atoms with Crippen LogP contribution >= 0.6 is 23.8 Å². The lowest BCUT2D eigenvalue weighted by molar-refractivity contribution is 0.284. The summed E-state index contributed by atoms with van der Waals surface area (Å²) in [6.07, 6.45) is 1.41. The topological polar surface area (TPSA) is 109 Å². The van der Waals surface area contributed by atoms with E-state index in [9.17, 15) is 4.57 Å². The molecule has 0 aliphatic carbocycles. The van der Waals surface area contributed by atoms with Crippen molar-refractivity contribution in [2.75, 3.05) is 5.73 Å². The maximum Gasteiger partial charge on any atom is 0.524 e. The molecule has 0 amide bonds. The number of aromatic nitrogens is 1. The fourth-order valence-electron chi connectivity index (χ4n) is 1.84. The maximum absolute atomic E-state index is 10.7. The predicted octanol–water partition coefficient (Wildman–Crippen LogP) is 3.98. The number of anilines is 1. The summed E-state index contributed by atoms with van der Waals surface area (Å²) in [5.41, 5.74) is 8.26. The van der Waals surface area contributed by atoms with E-state index >= 15 is 0 Å². The number of nitrogen functional groups attached to an aromatic ring is 1. The zero-order valence-electron chi connectivity index (χ0n) is 12.2. The molecule has 0 saturated heterocycles. The van der Waals surface area contributed by atoms with Crippen molar-refractivity contribution in [2.45, 2.75) is 6.92 Å². The lowest BCUT2D eigenvalue weighted by atomic mass is 10.2. The van der Waals surface area contributed by atoms with Crippen molar-refractivity contribution in [3.05, 3.63) is 58.7 Å². The maximum atomic E-state index is 10.7. The zero-order chi connectivity index (χ0) is 17.0. The number of fused-ring (bicyclic) bond motifs is 1. The lowest BCUT2D eigenvalue weighted by Gasteiger charge is -2.04. The second-order valence-corrected chi connectivity index (χ2v) is 6.91. The van der Waals surface area contributed by atoms with Crippen LogP contribution in [-0.2, 0) is 4.57 Å². The highest BCUT2D eigenvalue weighted by atomic mass is 79.9. The van der Waals surface area contributed by atoms with Crippen LogP contribution in [0.4, 0.5) is 5.69 Å². The molecule has 3 aromatic rings. The van der Waals surface area contributed by atoms with Gasteiger partial charge in [-0.15, -0.1) is 0 Å². The Hall–Kier alpha value is -1.79. The van der Waals surface area contributed by atoms with E-state index < -0.39 is 7.82 Å². The van der Waals surface area contributed by atoms with E-state index in [2.05, 4.69) is 25.4 Å². The van der Waals surface area contributed by atoms with Gasteiger partial charge in [0.25, 0.3) is 0 Å². The van der Waals surface area contributed by atoms with Gasteiger partial charge in [0, 0.05) is 27.3 Å². The van der Waals surface area contributed by atoms with Crippen LogP contribution in [0, 0.1) is 6.92 Å². The molecule has 122 valence electrons. The van der Waals surface area contributed by atoms with E-state index in [-0.39, 0.29) is 5.75 Å². The molecule has 0 aliphatic heterocycles. The molecule has 0 unspecified atom stereocenters. The Bertz CT molecular complexity index is 821. The van der Waals surface area contributed by atoms with Crippen molar-refractivity contribution in [1.29, 1.82) is 0 Å². The van der Waals surface area contributed by atoms with Crippen molar-refractivity contribution >= 4 is 40.3 Å². The van der Waals surface area contributed by atoms with Gasteiger partial charge in [0.1, 0.15) is 0 Å². The molecule has 0 radical (unpaired) electrons. The van der Waals surface area contributed by atoms with E-state index in [1.54, 1.807) is 12.1 Å². The number of nitrogens with one attached hydrogen (secondary N) is 1. The summed E-state index contributed by atoms with van der Waals surface area (Å²) in [5.74, 6) is 0.139. The Labute approximate surface area is 141 Å². The summed E-state index contributed by atoms with van der Waals surface area (Å²) < 4.78 is 16.0. The Morgan fingerprint density at radius 2 is 1.83 bits per heavy atom. The molecular weight excluding hydrogens is 383 g/mol. The molecule has 8 heteroatoms. The van der Waals surface area contributed by atoms with Crippen LogP contribution in [0.3, 0.4) is 0 Å². The molecule has 0 spiro atoms. The normalized spacial score (nSPS) is 11.0. The number of halogens is 1. The third kappa shape index (κ3) is 5.41. The van der Waals surface area contributed by atoms with Gasteiger partial charge in [0.2, 0.25) is 0 Å². The second-order valence-electron chi connectivity index (χ2n) is 4.84. The van der Waals surface area contributed by atoms with E-state index in [0.29, 0.717) is 5.39 Å². The first-order valence-corrected chi connectivity index (χ1v) is 8.91. The number of aryl methyl sites for hydroxylation is 1. The average molecular weight is 399 g/mol. The molecule has 23 heavy (non-hydrogen) atoms. The number of H-pyrrole nitrogens is 1. The van der Waals surface area contributed by atoms with Crippen LogP contribution in [0.1, 0.15) is 5.56 Å². The number of hydrogen-bond donors (Lipinski definition) is 4. The Morgan fingerprint density at radius 3 is 2.39 bits per heavy atom. The van der Waals surface area contributed by atoms with Crippen LogP contribution < -0.4 is 10.3 Å². The average Bonchev–Trinajstić information content (AvgIpc) is 2.83. The standard InChI is InChI=1S/C8H7BrNO4P.C7H9N/c9-5-1-2-7-6(3-5)8(4-10-7)14-15(11,12)13;1-6-2-4-7(8)5-3-6/h1-4,10H,(H2,11,12,13);2-5H,8H2,1H3. The van der Waals surface area contributed by atoms with E-state index in [1.807, 2.05) is 37.3 Å². The van der Waals surface area contributed by atoms with Crippen molar-refractivity contribution in [3.63, 3.8) is 0 Å². The quantitative estimate of drug-likeness (QED) is 0.385. The van der Waals surface area contributed by atoms with Crippen molar-refractivity contribution < 1.29 is 18.9 Å². The van der Waals surface area contributed by atoms with Gasteiger partial charge in [-0.25, -0.2) is 4.57 Å². The fourth-order valence-corrected chi connectivity index (χ4v) is 2.61. The number of benzene rings is 2. The lowest BCUT2D eigenvalue weighted by Crippen LogP contribution is -1.88. The van der Waals surface area contributed by atoms with Crippen molar-refractivity contribution in [1.82, 2.24) is 4.98 Å². The van der Waals surface area contributed by atoms with Gasteiger partial charge in [-0.3, -0.25) is 9.79 Å². The molecular formula is C15H16BrN2O4P. The second kappa shape index (κ2) is 7.19. The van der Waals surface area contributed by atoms with Crippen LogP contribution in [0.2, 0.25) is 0 Å². The molecule has 6 nitrogen and oxygen atoms in total. The fraction of sp³-hybridized carbons (Fsp3) is 0.0667. The first kappa shape index (κ1) is 17.6. The molecule has 1 heterocycles. The Balaban J connectivity index is 0.000000203. The molecule has 3 rings (SSSR count). The highest BCUT2D eigenvalue weighted by Gasteiger charge is 2.18. The number of phosphoric ester groups is 1. The first-order chi connectivity index (χ1) is 10.7. The first-order valence-electron chi connectivity index (χ1n) is 6.58. The molecule has 5 N–H and O–H groups in total. The highest BCUT2D eigenvalue weighted by Crippen LogP contribution is 2.41. The van der Waals surface area contributed by atoms with Gasteiger partial charge in [-0.2, -0.15) is 0 Å². The largest absolute Gasteiger partial charge is 0.524 e. The molecule has 0 aliphatic rings. The third-order valence-corrected chi connectivity index (χ3v) is 3.83. The highest BCUT2D eigenvalue weighted by molar-refractivity contribution is 9.10. The number of hydrogen-bond acceptors (Lipinski definition) is 3. The number of nitrogens with two attached hydrogens (primary N) is 1. The van der Waals surface area contributed by atoms with Gasteiger partial charge in [0.05, 0.1) is 0 Å². The summed E-state index contributed by atoms with van der Waals surface area (Å²) in [5, 5.41) is 0.618. The molecule has 0 bridgehead atoms. The summed E-state index contributed by atoms with van der Waals surface area (Å²) >= 11 is 3.27. The molecule has 0 saturated carbocycles. The van der Waals surface area contributed by atoms with E-state index in [4.69, 9.17) is 15.5 Å². The predicted molar refractivity (Wildman–Crippen MR) is 94.3 cm³/mol. The van der Waals surface area contributed by atoms with Gasteiger partial charge in [-0.05, 0) is 37.3 Å². The van der Waals surface area contributed by atoms with Gasteiger partial charge < -0.3 is 15.2 Å². The van der Waals surface area contributed by atoms with Gasteiger partial charge in [0.15, 0.2) is 5.75 Å². The van der Waals surface area contributed by atoms with Crippen LogP contribution in [0.5, 0.6) is 5.75 Å². The summed E-state index contributed by atoms with van der Waals surface area (Å²) in [6, 6.07) is 13.1. The SMILES string of the molecule is Cc1ccc(N)cc1.O=P(O)(O)Oc1c[nH]c2ccc(Br)cc12. The molecule has 1 aromatic heterocycles. The summed E-state index contributed by atoms with van der Waals surface area (Å²) in [7, 11) is -4.51. The van der Waals surface area contributed by atoms with Gasteiger partial charge >= 0.3 is 7.82 Å². The van der Waals surface area contributed by atoms with Crippen molar-refractivity contribution in [3.8, 4) is 5.75 Å². The minimum atomic E-state index is -4.51. The van der Waals surface area contributed by atoms with Crippen LogP contribution in [0.15, 0.2) is 53.1 Å². The number of rotatable bonds is 2. The minimum Gasteiger partial charge on any atom is -0.402 e. The molecule has 2 aromatic carbocycles. The van der Waals surface area contributed by atoms with Gasteiger partial charge in [-0.1, -0.05) is 33.6 Å². The minimum absolute atomic E-state index is 0.139. The summed E-state index contributed by atoms with van der Waals surface area (Å²) in [4.78, 5) is 20.2. The smallest absolute Gasteiger partial charge is 0.402 e. The Morgan fingerprint density at radius 1 is 1.17 bits per heavy atom. The van der Waals surface area contributed by atoms with Crippen molar-refractivity contribution in [2.24, 2.45) is 0 Å². The molecule has 0 atom stereocenters.